The van der Waals surface area contributed by atoms with E-state index in [-0.39, 0.29) is 24.4 Å². The molecule has 0 saturated heterocycles. The number of hydrogen-bond donors (Lipinski definition) is 2. The molecule has 0 fully saturated rings. The van der Waals surface area contributed by atoms with Crippen molar-refractivity contribution in [2.24, 2.45) is 5.73 Å². The summed E-state index contributed by atoms with van der Waals surface area (Å²) in [4.78, 5) is 11.7. The predicted molar refractivity (Wildman–Crippen MR) is 72.4 cm³/mol. The lowest BCUT2D eigenvalue weighted by atomic mass is 10.2. The Kier molecular flexibility index (Phi) is 6.99. The summed E-state index contributed by atoms with van der Waals surface area (Å²) < 4.78 is 0.843. The third-order valence-electron chi connectivity index (χ3n) is 1.91. The lowest BCUT2D eigenvalue weighted by molar-refractivity contribution is 0.0941. The van der Waals surface area contributed by atoms with Gasteiger partial charge >= 0.3 is 0 Å². The Morgan fingerprint density at radius 2 is 2.25 bits per heavy atom. The van der Waals surface area contributed by atoms with E-state index in [2.05, 4.69) is 21.2 Å². The fraction of sp³-hybridized carbons (Fsp3) is 0.300. The van der Waals surface area contributed by atoms with Gasteiger partial charge in [0.25, 0.3) is 5.91 Å². The highest BCUT2D eigenvalue weighted by Gasteiger charge is 2.12. The van der Waals surface area contributed by atoms with Crippen LogP contribution in [0, 0.1) is 0 Å². The Morgan fingerprint density at radius 1 is 1.62 bits per heavy atom. The smallest absolute Gasteiger partial charge is 0.253 e. The van der Waals surface area contributed by atoms with Crippen molar-refractivity contribution in [2.75, 3.05) is 6.54 Å². The average molecular weight is 328 g/mol. The molecule has 0 radical (unpaired) electrons. The van der Waals surface area contributed by atoms with Crippen molar-refractivity contribution in [3.63, 3.8) is 0 Å². The number of amides is 1. The van der Waals surface area contributed by atoms with E-state index in [9.17, 15) is 4.79 Å². The van der Waals surface area contributed by atoms with Crippen LogP contribution in [-0.4, -0.2) is 18.5 Å². The highest BCUT2D eigenvalue weighted by molar-refractivity contribution is 9.10. The standard InChI is InChI=1S/C10H12BrClN2O.ClH/c1-6(5-13)14-10(15)8-3-2-7(11)4-9(8)12;/h2-4,6H,5,13H2,1H3,(H,14,15);1H/t6-;/m0./s1. The molecular formula is C10H13BrCl2N2O. The van der Waals surface area contributed by atoms with E-state index in [1.807, 2.05) is 6.92 Å². The van der Waals surface area contributed by atoms with Crippen LogP contribution in [0.2, 0.25) is 5.02 Å². The minimum absolute atomic E-state index is 0. The number of hydrogen-bond acceptors (Lipinski definition) is 2. The quantitative estimate of drug-likeness (QED) is 0.896. The van der Waals surface area contributed by atoms with E-state index in [0.717, 1.165) is 4.47 Å². The number of carbonyl (C=O) groups excluding carboxylic acids is 1. The number of carbonyl (C=O) groups is 1. The van der Waals surface area contributed by atoms with Gasteiger partial charge in [-0.3, -0.25) is 4.79 Å². The summed E-state index contributed by atoms with van der Waals surface area (Å²) in [6.45, 7) is 2.24. The number of rotatable bonds is 3. The van der Waals surface area contributed by atoms with Crippen LogP contribution in [0.25, 0.3) is 0 Å². The molecule has 0 bridgehead atoms. The van der Waals surface area contributed by atoms with Crippen molar-refractivity contribution in [3.8, 4) is 0 Å². The van der Waals surface area contributed by atoms with Crippen molar-refractivity contribution in [3.05, 3.63) is 33.3 Å². The second kappa shape index (κ2) is 7.12. The molecule has 3 N–H and O–H groups in total. The zero-order valence-corrected chi connectivity index (χ0v) is 11.8. The van der Waals surface area contributed by atoms with Gasteiger partial charge in [0.2, 0.25) is 0 Å². The number of nitrogens with one attached hydrogen (secondary N) is 1. The third-order valence-corrected chi connectivity index (χ3v) is 2.71. The molecule has 16 heavy (non-hydrogen) atoms. The van der Waals surface area contributed by atoms with Gasteiger partial charge in [-0.2, -0.15) is 0 Å². The lowest BCUT2D eigenvalue weighted by Crippen LogP contribution is -2.37. The van der Waals surface area contributed by atoms with Crippen LogP contribution in [0.3, 0.4) is 0 Å². The molecule has 1 aromatic carbocycles. The first-order valence-corrected chi connectivity index (χ1v) is 5.67. The third kappa shape index (κ3) is 4.29. The van der Waals surface area contributed by atoms with Crippen LogP contribution in [0.5, 0.6) is 0 Å². The minimum Gasteiger partial charge on any atom is -0.348 e. The number of nitrogens with two attached hydrogens (primary N) is 1. The number of benzene rings is 1. The first kappa shape index (κ1) is 15.7. The van der Waals surface area contributed by atoms with Gasteiger partial charge in [0.1, 0.15) is 0 Å². The average Bonchev–Trinajstić information content (AvgIpc) is 2.17. The Hall–Kier alpha value is -0.290. The zero-order valence-electron chi connectivity index (χ0n) is 8.67. The highest BCUT2D eigenvalue weighted by Crippen LogP contribution is 2.21. The van der Waals surface area contributed by atoms with Crippen molar-refractivity contribution in [2.45, 2.75) is 13.0 Å². The molecular weight excluding hydrogens is 315 g/mol. The first-order chi connectivity index (χ1) is 7.04. The summed E-state index contributed by atoms with van der Waals surface area (Å²) in [5, 5.41) is 3.16. The molecule has 0 aliphatic rings. The zero-order chi connectivity index (χ0) is 11.4. The summed E-state index contributed by atoms with van der Waals surface area (Å²) in [5.74, 6) is -0.203. The molecule has 0 aromatic heterocycles. The Balaban J connectivity index is 0.00000225. The van der Waals surface area contributed by atoms with Crippen LogP contribution in [0.1, 0.15) is 17.3 Å². The van der Waals surface area contributed by atoms with E-state index in [1.54, 1.807) is 18.2 Å². The fourth-order valence-electron chi connectivity index (χ4n) is 1.03. The molecule has 90 valence electrons. The normalized spacial score (nSPS) is 11.5. The summed E-state index contributed by atoms with van der Waals surface area (Å²) in [6.07, 6.45) is 0. The Morgan fingerprint density at radius 3 is 2.75 bits per heavy atom. The second-order valence-corrected chi connectivity index (χ2v) is 4.56. The van der Waals surface area contributed by atoms with Crippen molar-refractivity contribution < 1.29 is 4.79 Å². The lowest BCUT2D eigenvalue weighted by Gasteiger charge is -2.12. The second-order valence-electron chi connectivity index (χ2n) is 3.23. The van der Waals surface area contributed by atoms with Crippen molar-refractivity contribution >= 4 is 45.8 Å². The topological polar surface area (TPSA) is 55.1 Å². The Bertz CT molecular complexity index is 374. The van der Waals surface area contributed by atoms with Crippen molar-refractivity contribution in [1.29, 1.82) is 0 Å². The van der Waals surface area contributed by atoms with Crippen LogP contribution in [0.4, 0.5) is 0 Å². The van der Waals surface area contributed by atoms with Gasteiger partial charge in [0.05, 0.1) is 10.6 Å². The van der Waals surface area contributed by atoms with E-state index in [4.69, 9.17) is 17.3 Å². The van der Waals surface area contributed by atoms with E-state index in [1.165, 1.54) is 0 Å². The van der Waals surface area contributed by atoms with Gasteiger partial charge in [-0.05, 0) is 25.1 Å². The maximum atomic E-state index is 11.7. The summed E-state index contributed by atoms with van der Waals surface area (Å²) in [5.41, 5.74) is 5.86. The fourth-order valence-corrected chi connectivity index (χ4v) is 1.79. The Labute approximate surface area is 114 Å². The van der Waals surface area contributed by atoms with Gasteiger partial charge in [-0.25, -0.2) is 0 Å². The maximum absolute atomic E-state index is 11.7. The number of halogens is 3. The SMILES string of the molecule is C[C@@H](CN)NC(=O)c1ccc(Br)cc1Cl.Cl. The molecule has 0 heterocycles. The molecule has 1 atom stereocenters. The monoisotopic (exact) mass is 326 g/mol. The first-order valence-electron chi connectivity index (χ1n) is 4.50. The van der Waals surface area contributed by atoms with E-state index < -0.39 is 0 Å². The molecule has 1 aromatic rings. The van der Waals surface area contributed by atoms with Crippen LogP contribution in [0.15, 0.2) is 22.7 Å². The molecule has 1 amide bonds. The van der Waals surface area contributed by atoms with Crippen molar-refractivity contribution in [1.82, 2.24) is 5.32 Å². The minimum atomic E-state index is -0.203. The van der Waals surface area contributed by atoms with Crippen LogP contribution >= 0.6 is 39.9 Å². The van der Waals surface area contributed by atoms with E-state index in [0.29, 0.717) is 17.1 Å². The molecule has 0 spiro atoms. The maximum Gasteiger partial charge on any atom is 0.253 e. The van der Waals surface area contributed by atoms with Crippen LogP contribution in [-0.2, 0) is 0 Å². The molecule has 1 rings (SSSR count). The molecule has 3 nitrogen and oxygen atoms in total. The van der Waals surface area contributed by atoms with Gasteiger partial charge in [0.15, 0.2) is 0 Å². The van der Waals surface area contributed by atoms with E-state index >= 15 is 0 Å². The van der Waals surface area contributed by atoms with Gasteiger partial charge in [-0.1, -0.05) is 27.5 Å². The summed E-state index contributed by atoms with van der Waals surface area (Å²) in [7, 11) is 0. The molecule has 6 heteroatoms. The molecule has 0 aliphatic heterocycles. The largest absolute Gasteiger partial charge is 0.348 e. The molecule has 0 saturated carbocycles. The van der Waals surface area contributed by atoms with Gasteiger partial charge < -0.3 is 11.1 Å². The predicted octanol–water partition coefficient (Wildman–Crippen LogP) is 2.60. The molecule has 0 unspecified atom stereocenters. The summed E-state index contributed by atoms with van der Waals surface area (Å²) in [6, 6.07) is 5.07. The summed E-state index contributed by atoms with van der Waals surface area (Å²) >= 11 is 9.20. The molecule has 0 aliphatic carbocycles. The van der Waals surface area contributed by atoms with Gasteiger partial charge in [0, 0.05) is 17.1 Å². The van der Waals surface area contributed by atoms with Gasteiger partial charge in [-0.15, -0.1) is 12.4 Å². The van der Waals surface area contributed by atoms with Crippen LogP contribution < -0.4 is 11.1 Å². The highest BCUT2D eigenvalue weighted by atomic mass is 79.9.